The molecule has 8 nitrogen and oxygen atoms in total. The predicted molar refractivity (Wildman–Crippen MR) is 122 cm³/mol. The molecule has 10 heteroatoms. The molecule has 2 aromatic carbocycles. The second-order valence-corrected chi connectivity index (χ2v) is 8.12. The number of aryl methyl sites for hydroxylation is 1. The smallest absolute Gasteiger partial charge is 0.328 e. The number of carbonyl (C=O) groups is 3. The average molecular weight is 491 g/mol. The number of hydrogen-bond acceptors (Lipinski definition) is 6. The third-order valence-corrected chi connectivity index (χ3v) is 6.14. The first-order valence-electron chi connectivity index (χ1n) is 11.1. The topological polar surface area (TPSA) is 108 Å². The van der Waals surface area contributed by atoms with E-state index >= 15 is 0 Å². The minimum absolute atomic E-state index is 0.128. The van der Waals surface area contributed by atoms with Crippen molar-refractivity contribution in [3.05, 3.63) is 59.2 Å². The van der Waals surface area contributed by atoms with Crippen molar-refractivity contribution in [2.24, 2.45) is 5.73 Å². The van der Waals surface area contributed by atoms with Crippen LogP contribution in [-0.2, 0) is 40.9 Å². The van der Waals surface area contributed by atoms with Crippen LogP contribution in [0.25, 0.3) is 11.1 Å². The number of nitrogens with two attached hydrogens (primary N) is 1. The first kappa shape index (κ1) is 26.2. The molecule has 1 atom stereocenters. The van der Waals surface area contributed by atoms with E-state index in [-0.39, 0.29) is 24.1 Å². The number of amides is 2. The first-order chi connectivity index (χ1) is 16.8. The van der Waals surface area contributed by atoms with Crippen molar-refractivity contribution >= 4 is 18.8 Å². The fourth-order valence-electron chi connectivity index (χ4n) is 4.48. The number of benzene rings is 2. The average Bonchev–Trinajstić information content (AvgIpc) is 3.55. The van der Waals surface area contributed by atoms with Gasteiger partial charge in [0.1, 0.15) is 6.04 Å². The van der Waals surface area contributed by atoms with E-state index in [4.69, 9.17) is 14.3 Å². The van der Waals surface area contributed by atoms with Crippen LogP contribution in [-0.4, -0.2) is 62.4 Å². The predicted octanol–water partition coefficient (Wildman–Crippen LogP) is 2.60. The van der Waals surface area contributed by atoms with Gasteiger partial charge in [0.2, 0.25) is 12.8 Å². The standard InChI is InChI=1S/C15H12F2.C9H13NO5.CH3NO/c1-2-10-7-8-12-11-5-3-4-6-13(11)15(16,17)14(12)9-10;1-13-8(12)7-4-9(5-10(7)6-11)14-2-3-15-9;2-1-3/h3-9H,2H2,1H3;6-7H,2-5H2,1H3;1H,(H2,2,3). The number of carbonyl (C=O) groups excluding carboxylic acids is 3. The Labute approximate surface area is 201 Å². The van der Waals surface area contributed by atoms with E-state index in [0.29, 0.717) is 37.2 Å². The number of halogens is 2. The van der Waals surface area contributed by atoms with Crippen LogP contribution in [0.4, 0.5) is 8.78 Å². The van der Waals surface area contributed by atoms with Crippen LogP contribution in [0, 0.1) is 0 Å². The van der Waals surface area contributed by atoms with Gasteiger partial charge in [-0.1, -0.05) is 43.3 Å². The Kier molecular flexibility index (Phi) is 8.18. The summed E-state index contributed by atoms with van der Waals surface area (Å²) < 4.78 is 44.0. The molecule has 35 heavy (non-hydrogen) atoms. The van der Waals surface area contributed by atoms with Crippen molar-refractivity contribution in [2.75, 3.05) is 26.9 Å². The summed E-state index contributed by atoms with van der Waals surface area (Å²) in [4.78, 5) is 32.1. The van der Waals surface area contributed by atoms with E-state index in [9.17, 15) is 18.4 Å². The van der Waals surface area contributed by atoms with Gasteiger partial charge >= 0.3 is 5.97 Å². The van der Waals surface area contributed by atoms with E-state index in [2.05, 4.69) is 10.5 Å². The van der Waals surface area contributed by atoms with E-state index in [1.54, 1.807) is 24.3 Å². The van der Waals surface area contributed by atoms with Crippen LogP contribution in [0.1, 0.15) is 30.0 Å². The summed E-state index contributed by atoms with van der Waals surface area (Å²) >= 11 is 0. The number of methoxy groups -OCH3 is 1. The number of ether oxygens (including phenoxy) is 3. The van der Waals surface area contributed by atoms with Gasteiger partial charge in [0, 0.05) is 17.5 Å². The summed E-state index contributed by atoms with van der Waals surface area (Å²) in [7, 11) is 1.30. The Morgan fingerprint density at radius 2 is 1.77 bits per heavy atom. The lowest BCUT2D eigenvalue weighted by atomic mass is 10.0. The van der Waals surface area contributed by atoms with Crippen molar-refractivity contribution in [3.63, 3.8) is 0 Å². The maximum atomic E-state index is 14.2. The summed E-state index contributed by atoms with van der Waals surface area (Å²) in [5.74, 6) is -4.07. The molecule has 0 bridgehead atoms. The molecule has 188 valence electrons. The number of esters is 1. The lowest BCUT2D eigenvalue weighted by Crippen LogP contribution is -2.36. The number of alkyl halides is 2. The minimum atomic E-state index is -2.85. The molecule has 2 amide bonds. The number of hydrogen-bond donors (Lipinski definition) is 1. The molecule has 2 aliphatic heterocycles. The SMILES string of the molecule is CCc1ccc2c(c1)C(F)(F)c1ccccc1-2.COC(=O)C1CC2(CN1C=O)OCCO2.NC=O. The Morgan fingerprint density at radius 1 is 1.14 bits per heavy atom. The zero-order valence-electron chi connectivity index (χ0n) is 19.5. The highest BCUT2D eigenvalue weighted by Crippen LogP contribution is 2.50. The van der Waals surface area contributed by atoms with Gasteiger partial charge in [-0.25, -0.2) is 4.79 Å². The van der Waals surface area contributed by atoms with Gasteiger partial charge in [0.15, 0.2) is 5.79 Å². The Hall–Kier alpha value is -3.37. The monoisotopic (exact) mass is 490 g/mol. The summed E-state index contributed by atoms with van der Waals surface area (Å²) in [6.45, 7) is 3.26. The van der Waals surface area contributed by atoms with Gasteiger partial charge < -0.3 is 24.8 Å². The normalized spacial score (nSPS) is 20.0. The fourth-order valence-corrected chi connectivity index (χ4v) is 4.48. The van der Waals surface area contributed by atoms with E-state index in [1.807, 2.05) is 19.1 Å². The van der Waals surface area contributed by atoms with Crippen molar-refractivity contribution in [2.45, 2.75) is 37.5 Å². The molecule has 0 saturated carbocycles. The molecular formula is C25H28F2N2O6. The summed E-state index contributed by atoms with van der Waals surface area (Å²) in [6.07, 6.45) is 2.00. The molecule has 0 aromatic heterocycles. The van der Waals surface area contributed by atoms with E-state index in [1.165, 1.54) is 18.1 Å². The molecule has 1 unspecified atom stereocenters. The highest BCUT2D eigenvalue weighted by molar-refractivity contribution is 5.80. The van der Waals surface area contributed by atoms with Crippen LogP contribution in [0.2, 0.25) is 0 Å². The highest BCUT2D eigenvalue weighted by atomic mass is 19.3. The van der Waals surface area contributed by atoms with Gasteiger partial charge in [0.25, 0.3) is 5.92 Å². The summed E-state index contributed by atoms with van der Waals surface area (Å²) in [5.41, 5.74) is 6.73. The zero-order valence-corrected chi connectivity index (χ0v) is 19.5. The van der Waals surface area contributed by atoms with Crippen molar-refractivity contribution in [1.82, 2.24) is 4.90 Å². The molecule has 1 aliphatic carbocycles. The van der Waals surface area contributed by atoms with Crippen molar-refractivity contribution in [3.8, 4) is 11.1 Å². The van der Waals surface area contributed by atoms with Crippen LogP contribution in [0.3, 0.4) is 0 Å². The molecular weight excluding hydrogens is 462 g/mol. The number of nitrogens with zero attached hydrogens (tertiary/aromatic N) is 1. The first-order valence-corrected chi connectivity index (χ1v) is 11.1. The molecule has 5 rings (SSSR count). The number of rotatable bonds is 3. The van der Waals surface area contributed by atoms with Gasteiger partial charge in [-0.15, -0.1) is 0 Å². The van der Waals surface area contributed by atoms with E-state index in [0.717, 1.165) is 12.0 Å². The number of likely N-dealkylation sites (tertiary alicyclic amines) is 1. The van der Waals surface area contributed by atoms with Crippen LogP contribution in [0.15, 0.2) is 42.5 Å². The Morgan fingerprint density at radius 3 is 2.37 bits per heavy atom. The lowest BCUT2D eigenvalue weighted by molar-refractivity contribution is -0.152. The molecule has 2 fully saturated rings. The Bertz CT molecular complexity index is 1070. The van der Waals surface area contributed by atoms with Gasteiger partial charge in [-0.05, 0) is 29.2 Å². The molecule has 1 spiro atoms. The molecule has 2 N–H and O–H groups in total. The number of primary amides is 1. The van der Waals surface area contributed by atoms with Gasteiger partial charge in [-0.2, -0.15) is 8.78 Å². The lowest BCUT2D eigenvalue weighted by Gasteiger charge is -2.19. The molecule has 3 aliphatic rings. The third-order valence-electron chi connectivity index (χ3n) is 6.14. The molecule has 2 heterocycles. The zero-order chi connectivity index (χ0) is 25.6. The van der Waals surface area contributed by atoms with Crippen LogP contribution < -0.4 is 5.73 Å². The number of fused-ring (bicyclic) bond motifs is 3. The molecule has 2 saturated heterocycles. The minimum Gasteiger partial charge on any atom is -0.467 e. The highest BCUT2D eigenvalue weighted by Gasteiger charge is 2.51. The largest absolute Gasteiger partial charge is 0.467 e. The van der Waals surface area contributed by atoms with Gasteiger partial charge in [-0.3, -0.25) is 9.59 Å². The summed E-state index contributed by atoms with van der Waals surface area (Å²) in [5, 5.41) is 0. The molecule has 0 radical (unpaired) electrons. The quantitative estimate of drug-likeness (QED) is 0.524. The van der Waals surface area contributed by atoms with Crippen molar-refractivity contribution < 1.29 is 37.4 Å². The van der Waals surface area contributed by atoms with Crippen LogP contribution in [0.5, 0.6) is 0 Å². The third kappa shape index (κ3) is 5.18. The second kappa shape index (κ2) is 10.9. The Balaban J connectivity index is 0.000000177. The van der Waals surface area contributed by atoms with E-state index < -0.39 is 23.7 Å². The van der Waals surface area contributed by atoms with Crippen LogP contribution >= 0.6 is 0 Å². The van der Waals surface area contributed by atoms with Crippen molar-refractivity contribution in [1.29, 1.82) is 0 Å². The maximum Gasteiger partial charge on any atom is 0.328 e. The molecule has 2 aromatic rings. The maximum absolute atomic E-state index is 14.2. The van der Waals surface area contributed by atoms with Gasteiger partial charge in [0.05, 0.1) is 26.9 Å². The fraction of sp³-hybridized carbons (Fsp3) is 0.400. The summed E-state index contributed by atoms with van der Waals surface area (Å²) in [6, 6.07) is 11.5. The second-order valence-electron chi connectivity index (χ2n) is 8.12.